The fourth-order valence-electron chi connectivity index (χ4n) is 2.90. The first kappa shape index (κ1) is 19.6. The van der Waals surface area contributed by atoms with Gasteiger partial charge in [-0.2, -0.15) is 13.2 Å². The van der Waals surface area contributed by atoms with Crippen molar-refractivity contribution in [1.29, 1.82) is 0 Å². The van der Waals surface area contributed by atoms with Gasteiger partial charge >= 0.3 is 6.18 Å². The highest BCUT2D eigenvalue weighted by atomic mass is 32.1. The number of nitrogens with zero attached hydrogens (tertiary/aromatic N) is 1. The number of anilines is 1. The SMILES string of the molecule is O=C(Cc1cccc(OCC(F)(F)F)c1)Nc1ncc(C2CCNCC2)s1. The summed E-state index contributed by atoms with van der Waals surface area (Å²) in [5.41, 5.74) is 0.572. The summed E-state index contributed by atoms with van der Waals surface area (Å²) >= 11 is 1.47. The van der Waals surface area contributed by atoms with Crippen molar-refractivity contribution in [3.63, 3.8) is 0 Å². The molecular formula is C18H20F3N3O2S. The maximum absolute atomic E-state index is 12.2. The number of alkyl halides is 3. The second kappa shape index (κ2) is 8.71. The zero-order valence-corrected chi connectivity index (χ0v) is 15.3. The second-order valence-electron chi connectivity index (χ2n) is 6.37. The molecule has 1 aliphatic heterocycles. The number of hydrogen-bond acceptors (Lipinski definition) is 5. The van der Waals surface area contributed by atoms with Crippen LogP contribution in [0.3, 0.4) is 0 Å². The molecule has 2 heterocycles. The van der Waals surface area contributed by atoms with E-state index >= 15 is 0 Å². The summed E-state index contributed by atoms with van der Waals surface area (Å²) in [6, 6.07) is 6.10. The normalized spacial score (nSPS) is 15.5. The van der Waals surface area contributed by atoms with Crippen LogP contribution in [0.15, 0.2) is 30.5 Å². The quantitative estimate of drug-likeness (QED) is 0.777. The van der Waals surface area contributed by atoms with Gasteiger partial charge in [-0.3, -0.25) is 4.79 Å². The maximum Gasteiger partial charge on any atom is 0.422 e. The van der Waals surface area contributed by atoms with Crippen LogP contribution < -0.4 is 15.4 Å². The highest BCUT2D eigenvalue weighted by Gasteiger charge is 2.28. The van der Waals surface area contributed by atoms with E-state index in [1.165, 1.54) is 23.5 Å². The molecular weight excluding hydrogens is 379 g/mol. The Kier molecular flexibility index (Phi) is 6.33. The number of nitrogens with one attached hydrogen (secondary N) is 2. The van der Waals surface area contributed by atoms with Crippen LogP contribution in [-0.2, 0) is 11.2 Å². The number of ether oxygens (including phenoxy) is 1. The van der Waals surface area contributed by atoms with E-state index in [9.17, 15) is 18.0 Å². The molecule has 0 radical (unpaired) electrons. The van der Waals surface area contributed by atoms with Gasteiger partial charge in [0.15, 0.2) is 11.7 Å². The topological polar surface area (TPSA) is 63.2 Å². The molecule has 0 atom stereocenters. The van der Waals surface area contributed by atoms with Crippen molar-refractivity contribution in [1.82, 2.24) is 10.3 Å². The van der Waals surface area contributed by atoms with Crippen LogP contribution in [0.2, 0.25) is 0 Å². The molecule has 3 rings (SSSR count). The fraction of sp³-hybridized carbons (Fsp3) is 0.444. The molecule has 9 heteroatoms. The summed E-state index contributed by atoms with van der Waals surface area (Å²) in [6.07, 6.45) is -0.446. The molecule has 27 heavy (non-hydrogen) atoms. The summed E-state index contributed by atoms with van der Waals surface area (Å²) < 4.78 is 41.4. The monoisotopic (exact) mass is 399 g/mol. The molecule has 0 aliphatic carbocycles. The first-order chi connectivity index (χ1) is 12.9. The third-order valence-electron chi connectivity index (χ3n) is 4.18. The van der Waals surface area contributed by atoms with Crippen LogP contribution in [0.4, 0.5) is 18.3 Å². The van der Waals surface area contributed by atoms with E-state index in [4.69, 9.17) is 4.74 Å². The number of benzene rings is 1. The number of amides is 1. The molecule has 1 amide bonds. The first-order valence-corrected chi connectivity index (χ1v) is 9.45. The summed E-state index contributed by atoms with van der Waals surface area (Å²) in [4.78, 5) is 17.6. The van der Waals surface area contributed by atoms with Crippen LogP contribution >= 0.6 is 11.3 Å². The molecule has 1 aromatic heterocycles. The van der Waals surface area contributed by atoms with E-state index < -0.39 is 12.8 Å². The predicted octanol–water partition coefficient (Wildman–Crippen LogP) is 3.73. The van der Waals surface area contributed by atoms with Gasteiger partial charge in [-0.15, -0.1) is 11.3 Å². The summed E-state index contributed by atoms with van der Waals surface area (Å²) in [5.74, 6) is 0.283. The average Bonchev–Trinajstić information content (AvgIpc) is 3.09. The minimum absolute atomic E-state index is 0.0332. The number of carbonyl (C=O) groups is 1. The van der Waals surface area contributed by atoms with E-state index in [1.54, 1.807) is 12.1 Å². The number of piperidine rings is 1. The number of carbonyl (C=O) groups excluding carboxylic acids is 1. The van der Waals surface area contributed by atoms with Crippen molar-refractivity contribution in [2.45, 2.75) is 31.4 Å². The molecule has 1 aliphatic rings. The lowest BCUT2D eigenvalue weighted by molar-refractivity contribution is -0.153. The Morgan fingerprint density at radius 2 is 2.11 bits per heavy atom. The zero-order chi connectivity index (χ0) is 19.3. The highest BCUT2D eigenvalue weighted by Crippen LogP contribution is 2.31. The average molecular weight is 399 g/mol. The van der Waals surface area contributed by atoms with E-state index in [2.05, 4.69) is 15.6 Å². The summed E-state index contributed by atoms with van der Waals surface area (Å²) in [6.45, 7) is 0.606. The van der Waals surface area contributed by atoms with Crippen LogP contribution in [0.5, 0.6) is 5.75 Å². The minimum Gasteiger partial charge on any atom is -0.484 e. The van der Waals surface area contributed by atoms with Gasteiger partial charge in [0.1, 0.15) is 5.75 Å². The molecule has 146 valence electrons. The van der Waals surface area contributed by atoms with E-state index in [1.807, 2.05) is 6.20 Å². The van der Waals surface area contributed by atoms with Gasteiger partial charge in [0, 0.05) is 11.1 Å². The fourth-order valence-corrected chi connectivity index (χ4v) is 3.90. The molecule has 2 aromatic rings. The Bertz CT molecular complexity index is 773. The van der Waals surface area contributed by atoms with E-state index in [0.29, 0.717) is 16.6 Å². The largest absolute Gasteiger partial charge is 0.484 e. The van der Waals surface area contributed by atoms with Crippen LogP contribution in [0, 0.1) is 0 Å². The maximum atomic E-state index is 12.2. The van der Waals surface area contributed by atoms with Gasteiger partial charge in [-0.25, -0.2) is 4.98 Å². The molecule has 0 bridgehead atoms. The van der Waals surface area contributed by atoms with Gasteiger partial charge in [0.2, 0.25) is 5.91 Å². The van der Waals surface area contributed by atoms with Gasteiger partial charge in [-0.1, -0.05) is 12.1 Å². The minimum atomic E-state index is -4.40. The van der Waals surface area contributed by atoms with Crippen molar-refractivity contribution in [3.05, 3.63) is 40.9 Å². The van der Waals surface area contributed by atoms with Gasteiger partial charge in [-0.05, 0) is 49.5 Å². The number of halogens is 3. The highest BCUT2D eigenvalue weighted by molar-refractivity contribution is 7.15. The Balaban J connectivity index is 1.54. The summed E-state index contributed by atoms with van der Waals surface area (Å²) in [5, 5.41) is 6.61. The lowest BCUT2D eigenvalue weighted by Crippen LogP contribution is -2.26. The zero-order valence-electron chi connectivity index (χ0n) is 14.5. The number of aromatic nitrogens is 1. The van der Waals surface area contributed by atoms with E-state index in [-0.39, 0.29) is 18.1 Å². The van der Waals surface area contributed by atoms with Crippen LogP contribution in [-0.4, -0.2) is 36.8 Å². The van der Waals surface area contributed by atoms with Crippen molar-refractivity contribution < 1.29 is 22.7 Å². The molecule has 1 aromatic carbocycles. The smallest absolute Gasteiger partial charge is 0.422 e. The lowest BCUT2D eigenvalue weighted by atomic mass is 9.97. The lowest BCUT2D eigenvalue weighted by Gasteiger charge is -2.20. The Hall–Kier alpha value is -2.13. The molecule has 1 fully saturated rings. The van der Waals surface area contributed by atoms with Gasteiger partial charge < -0.3 is 15.4 Å². The molecule has 2 N–H and O–H groups in total. The number of rotatable bonds is 6. The third-order valence-corrected chi connectivity index (χ3v) is 5.25. The van der Waals surface area contributed by atoms with Crippen LogP contribution in [0.25, 0.3) is 0 Å². The molecule has 0 spiro atoms. The van der Waals surface area contributed by atoms with Gasteiger partial charge in [0.05, 0.1) is 6.42 Å². The standard InChI is InChI=1S/C18H20F3N3O2S/c19-18(20,21)11-26-14-3-1-2-12(8-14)9-16(25)24-17-23-10-15(27-17)13-4-6-22-7-5-13/h1-3,8,10,13,22H,4-7,9,11H2,(H,23,24,25). The second-order valence-corrected chi connectivity index (χ2v) is 7.43. The molecule has 0 unspecified atom stereocenters. The first-order valence-electron chi connectivity index (χ1n) is 8.64. The molecule has 0 saturated carbocycles. The van der Waals surface area contributed by atoms with Crippen molar-refractivity contribution >= 4 is 22.4 Å². The molecule has 5 nitrogen and oxygen atoms in total. The third kappa shape index (κ3) is 6.21. The van der Waals surface area contributed by atoms with Crippen molar-refractivity contribution in [2.24, 2.45) is 0 Å². The summed E-state index contributed by atoms with van der Waals surface area (Å²) in [7, 11) is 0. The number of thiazole rings is 1. The number of hydrogen-bond donors (Lipinski definition) is 2. The Labute approximate surface area is 158 Å². The van der Waals surface area contributed by atoms with Gasteiger partial charge in [0.25, 0.3) is 0 Å². The Morgan fingerprint density at radius 1 is 1.33 bits per heavy atom. The predicted molar refractivity (Wildman–Crippen MR) is 97.3 cm³/mol. The molecule has 1 saturated heterocycles. The Morgan fingerprint density at radius 3 is 2.85 bits per heavy atom. The van der Waals surface area contributed by atoms with Crippen molar-refractivity contribution in [2.75, 3.05) is 25.0 Å². The van der Waals surface area contributed by atoms with E-state index in [0.717, 1.165) is 30.8 Å². The van der Waals surface area contributed by atoms with Crippen LogP contribution in [0.1, 0.15) is 29.2 Å². The van der Waals surface area contributed by atoms with Crippen molar-refractivity contribution in [3.8, 4) is 5.75 Å².